The summed E-state index contributed by atoms with van der Waals surface area (Å²) in [6, 6.07) is 18.8. The monoisotopic (exact) mass is 447 g/mol. The number of benzene rings is 3. The molecule has 0 spiro atoms. The highest BCUT2D eigenvalue weighted by Gasteiger charge is 2.33. The number of carbonyl (C=O) groups is 1. The topological polar surface area (TPSA) is 57.2 Å². The molecule has 0 saturated heterocycles. The summed E-state index contributed by atoms with van der Waals surface area (Å²) < 4.78 is 22.7. The van der Waals surface area contributed by atoms with Crippen LogP contribution in [0.2, 0.25) is 0 Å². The summed E-state index contributed by atoms with van der Waals surface area (Å²) in [7, 11) is 4.85. The predicted molar refractivity (Wildman–Crippen MR) is 127 cm³/mol. The van der Waals surface area contributed by atoms with Crippen molar-refractivity contribution >= 4 is 5.91 Å². The van der Waals surface area contributed by atoms with Crippen molar-refractivity contribution < 1.29 is 23.7 Å². The van der Waals surface area contributed by atoms with Gasteiger partial charge in [0.15, 0.2) is 23.0 Å². The Morgan fingerprint density at radius 2 is 1.52 bits per heavy atom. The number of rotatable bonds is 7. The van der Waals surface area contributed by atoms with Gasteiger partial charge in [0.25, 0.3) is 5.91 Å². The van der Waals surface area contributed by atoms with E-state index in [0.29, 0.717) is 35.1 Å². The lowest BCUT2D eigenvalue weighted by molar-refractivity contribution is 0.0587. The second kappa shape index (κ2) is 9.86. The zero-order chi connectivity index (χ0) is 23.4. The Hall–Kier alpha value is -3.67. The highest BCUT2D eigenvalue weighted by molar-refractivity contribution is 5.94. The van der Waals surface area contributed by atoms with Gasteiger partial charge in [-0.05, 0) is 60.9 Å². The van der Waals surface area contributed by atoms with Gasteiger partial charge in [0.2, 0.25) is 0 Å². The summed E-state index contributed by atoms with van der Waals surface area (Å²) in [5, 5.41) is 0. The van der Waals surface area contributed by atoms with Crippen molar-refractivity contribution in [2.75, 3.05) is 34.5 Å². The Morgan fingerprint density at radius 3 is 2.18 bits per heavy atom. The third kappa shape index (κ3) is 4.60. The van der Waals surface area contributed by atoms with Crippen LogP contribution in [0.25, 0.3) is 0 Å². The normalized spacial score (nSPS) is 14.9. The first kappa shape index (κ1) is 22.5. The van der Waals surface area contributed by atoms with E-state index in [-0.39, 0.29) is 18.6 Å². The molecule has 0 radical (unpaired) electrons. The molecule has 4 rings (SSSR count). The number of para-hydroxylation sites is 2. The van der Waals surface area contributed by atoms with Gasteiger partial charge >= 0.3 is 0 Å². The number of nitrogens with zero attached hydrogens (tertiary/aromatic N) is 1. The summed E-state index contributed by atoms with van der Waals surface area (Å²) in [5.41, 5.74) is 3.89. The number of hydrogen-bond acceptors (Lipinski definition) is 5. The van der Waals surface area contributed by atoms with E-state index >= 15 is 0 Å². The first-order valence-corrected chi connectivity index (χ1v) is 10.9. The van der Waals surface area contributed by atoms with Crippen molar-refractivity contribution in [2.45, 2.75) is 19.4 Å². The third-order valence-corrected chi connectivity index (χ3v) is 6.03. The molecule has 3 aromatic rings. The lowest BCUT2D eigenvalue weighted by atomic mass is 9.91. The number of methoxy groups -OCH3 is 3. The summed E-state index contributed by atoms with van der Waals surface area (Å²) >= 11 is 0. The van der Waals surface area contributed by atoms with Crippen LogP contribution in [0, 0.1) is 6.92 Å². The molecule has 0 aromatic heterocycles. The van der Waals surface area contributed by atoms with Gasteiger partial charge in [0, 0.05) is 12.1 Å². The number of aryl methyl sites for hydroxylation is 1. The van der Waals surface area contributed by atoms with E-state index < -0.39 is 0 Å². The molecule has 6 heteroatoms. The zero-order valence-corrected chi connectivity index (χ0v) is 19.5. The van der Waals surface area contributed by atoms with Crippen LogP contribution in [0.1, 0.15) is 33.1 Å². The maximum Gasteiger partial charge on any atom is 0.254 e. The number of hydrogen-bond donors (Lipinski definition) is 0. The Labute approximate surface area is 194 Å². The molecule has 0 bridgehead atoms. The fourth-order valence-electron chi connectivity index (χ4n) is 4.22. The summed E-state index contributed by atoms with van der Waals surface area (Å²) in [5.74, 6) is 2.57. The highest BCUT2D eigenvalue weighted by atomic mass is 16.5. The van der Waals surface area contributed by atoms with Gasteiger partial charge in [0.05, 0.1) is 27.4 Å². The van der Waals surface area contributed by atoms with Gasteiger partial charge in [-0.25, -0.2) is 0 Å². The summed E-state index contributed by atoms with van der Waals surface area (Å²) in [6.07, 6.45) is 0.721. The Kier molecular flexibility index (Phi) is 6.73. The molecule has 1 atom stereocenters. The second-order valence-corrected chi connectivity index (χ2v) is 8.00. The molecule has 1 aliphatic heterocycles. The van der Waals surface area contributed by atoms with E-state index in [1.54, 1.807) is 21.3 Å². The molecule has 172 valence electrons. The number of carbonyl (C=O) groups excluding carboxylic acids is 1. The molecular formula is C27H29NO5. The Bertz CT molecular complexity index is 1130. The van der Waals surface area contributed by atoms with E-state index in [1.165, 1.54) is 0 Å². The molecule has 33 heavy (non-hydrogen) atoms. The second-order valence-electron chi connectivity index (χ2n) is 8.00. The maximum atomic E-state index is 13.5. The van der Waals surface area contributed by atoms with Crippen molar-refractivity contribution in [1.82, 2.24) is 4.90 Å². The lowest BCUT2D eigenvalue weighted by Crippen LogP contribution is -2.42. The van der Waals surface area contributed by atoms with E-state index in [1.807, 2.05) is 72.5 Å². The maximum absolute atomic E-state index is 13.5. The van der Waals surface area contributed by atoms with Crippen molar-refractivity contribution in [1.29, 1.82) is 0 Å². The molecule has 0 N–H and O–H groups in total. The Balaban J connectivity index is 1.71. The molecule has 0 fully saturated rings. The van der Waals surface area contributed by atoms with Crippen LogP contribution in [0.15, 0.2) is 60.7 Å². The minimum absolute atomic E-state index is 0.0240. The molecule has 0 aliphatic carbocycles. The van der Waals surface area contributed by atoms with Gasteiger partial charge < -0.3 is 23.8 Å². The van der Waals surface area contributed by atoms with Crippen LogP contribution >= 0.6 is 0 Å². The smallest absolute Gasteiger partial charge is 0.254 e. The van der Waals surface area contributed by atoms with Crippen molar-refractivity contribution in [3.05, 3.63) is 82.9 Å². The van der Waals surface area contributed by atoms with Crippen LogP contribution in [0.3, 0.4) is 0 Å². The summed E-state index contributed by atoms with van der Waals surface area (Å²) in [4.78, 5) is 15.4. The number of ether oxygens (including phenoxy) is 4. The minimum atomic E-state index is -0.299. The van der Waals surface area contributed by atoms with Gasteiger partial charge in [0.1, 0.15) is 6.61 Å². The minimum Gasteiger partial charge on any atom is -0.493 e. The molecule has 1 unspecified atom stereocenters. The van der Waals surface area contributed by atoms with E-state index in [2.05, 4.69) is 0 Å². The third-order valence-electron chi connectivity index (χ3n) is 6.03. The fraction of sp³-hybridized carbons (Fsp3) is 0.296. The first-order valence-electron chi connectivity index (χ1n) is 10.9. The molecule has 3 aromatic carbocycles. The van der Waals surface area contributed by atoms with Crippen LogP contribution in [0.5, 0.6) is 23.0 Å². The standard InChI is InChI=1S/C27H29NO5/c1-18-9-11-19(12-10-18)27(29)28-14-13-20-15-25(31-3)26(32-4)16-21(20)22(28)17-33-24-8-6-5-7-23(24)30-2/h5-12,15-16,22H,13-14,17H2,1-4H3. The largest absolute Gasteiger partial charge is 0.493 e. The lowest BCUT2D eigenvalue weighted by Gasteiger charge is -2.37. The van der Waals surface area contributed by atoms with Crippen molar-refractivity contribution in [2.24, 2.45) is 0 Å². The van der Waals surface area contributed by atoms with Crippen molar-refractivity contribution in [3.8, 4) is 23.0 Å². The molecule has 6 nitrogen and oxygen atoms in total. The van der Waals surface area contributed by atoms with E-state index in [9.17, 15) is 4.79 Å². The molecule has 1 aliphatic rings. The van der Waals surface area contributed by atoms with Gasteiger partial charge in [-0.15, -0.1) is 0 Å². The first-order chi connectivity index (χ1) is 16.0. The predicted octanol–water partition coefficient (Wildman–Crippen LogP) is 4.84. The molecule has 1 amide bonds. The van der Waals surface area contributed by atoms with Crippen LogP contribution < -0.4 is 18.9 Å². The zero-order valence-electron chi connectivity index (χ0n) is 19.5. The van der Waals surface area contributed by atoms with Gasteiger partial charge in [-0.2, -0.15) is 0 Å². The number of amides is 1. The van der Waals surface area contributed by atoms with E-state index in [0.717, 1.165) is 23.1 Å². The average Bonchev–Trinajstić information content (AvgIpc) is 2.86. The molecule has 1 heterocycles. The average molecular weight is 448 g/mol. The van der Waals surface area contributed by atoms with Crippen molar-refractivity contribution in [3.63, 3.8) is 0 Å². The highest BCUT2D eigenvalue weighted by Crippen LogP contribution is 2.39. The molecular weight excluding hydrogens is 418 g/mol. The fourth-order valence-corrected chi connectivity index (χ4v) is 4.22. The van der Waals surface area contributed by atoms with Gasteiger partial charge in [-0.3, -0.25) is 4.79 Å². The summed E-state index contributed by atoms with van der Waals surface area (Å²) in [6.45, 7) is 2.87. The van der Waals surface area contributed by atoms with Crippen LogP contribution in [-0.2, 0) is 6.42 Å². The Morgan fingerprint density at radius 1 is 0.879 bits per heavy atom. The quantitative estimate of drug-likeness (QED) is 0.519. The molecule has 0 saturated carbocycles. The van der Waals surface area contributed by atoms with Crippen LogP contribution in [-0.4, -0.2) is 45.3 Å². The number of fused-ring (bicyclic) bond motifs is 1. The SMILES string of the molecule is COc1cc2c(cc1OC)C(COc1ccccc1OC)N(C(=O)c1ccc(C)cc1)CC2. The van der Waals surface area contributed by atoms with Crippen LogP contribution in [0.4, 0.5) is 0 Å². The van der Waals surface area contributed by atoms with Gasteiger partial charge in [-0.1, -0.05) is 29.8 Å². The van der Waals surface area contributed by atoms with E-state index in [4.69, 9.17) is 18.9 Å².